The first-order valence-electron chi connectivity index (χ1n) is 8.55. The molecule has 1 saturated carbocycles. The molecule has 0 aliphatic heterocycles. The molecule has 122 valence electrons. The summed E-state index contributed by atoms with van der Waals surface area (Å²) in [6.45, 7) is 4.02. The molecule has 1 aromatic heterocycles. The Morgan fingerprint density at radius 3 is 2.48 bits per heavy atom. The van der Waals surface area contributed by atoms with Crippen LogP contribution in [0.3, 0.4) is 0 Å². The molecule has 0 spiro atoms. The Labute approximate surface area is 137 Å². The first-order valence-corrected chi connectivity index (χ1v) is 8.55. The summed E-state index contributed by atoms with van der Waals surface area (Å²) in [5.41, 5.74) is 5.20. The van der Waals surface area contributed by atoms with Crippen molar-refractivity contribution in [3.8, 4) is 11.1 Å². The zero-order chi connectivity index (χ0) is 16.2. The highest BCUT2D eigenvalue weighted by Gasteiger charge is 2.17. The minimum absolute atomic E-state index is 0.139. The molecule has 1 aromatic carbocycles. The fourth-order valence-corrected chi connectivity index (χ4v) is 3.56. The summed E-state index contributed by atoms with van der Waals surface area (Å²) in [6.07, 6.45) is 6.93. The smallest absolute Gasteiger partial charge is 0.224 e. The van der Waals surface area contributed by atoms with Crippen molar-refractivity contribution in [2.75, 3.05) is 5.32 Å². The van der Waals surface area contributed by atoms with Crippen LogP contribution in [0.25, 0.3) is 11.1 Å². The maximum absolute atomic E-state index is 12.2. The Hall–Kier alpha value is -2.10. The van der Waals surface area contributed by atoms with Crippen molar-refractivity contribution in [3.05, 3.63) is 35.7 Å². The lowest BCUT2D eigenvalue weighted by atomic mass is 9.87. The molecule has 0 bridgehead atoms. The second-order valence-electron chi connectivity index (χ2n) is 6.64. The van der Waals surface area contributed by atoms with Gasteiger partial charge >= 0.3 is 0 Å². The van der Waals surface area contributed by atoms with Gasteiger partial charge in [0.25, 0.3) is 0 Å². The van der Waals surface area contributed by atoms with Crippen LogP contribution < -0.4 is 5.32 Å². The van der Waals surface area contributed by atoms with E-state index < -0.39 is 0 Å². The number of carbonyl (C=O) groups is 1. The van der Waals surface area contributed by atoms with E-state index in [0.717, 1.165) is 28.2 Å². The summed E-state index contributed by atoms with van der Waals surface area (Å²) in [4.78, 5) is 12.2. The maximum atomic E-state index is 12.2. The SMILES string of the molecule is Cc1n[nH]c(C)c1-c1ccc(NC(=O)CC2CCCCC2)cc1. The molecule has 1 amide bonds. The molecule has 0 radical (unpaired) electrons. The molecule has 1 aliphatic carbocycles. The first-order chi connectivity index (χ1) is 11.1. The van der Waals surface area contributed by atoms with Crippen LogP contribution in [-0.2, 0) is 4.79 Å². The molecule has 1 fully saturated rings. The van der Waals surface area contributed by atoms with Gasteiger partial charge in [0.2, 0.25) is 5.91 Å². The summed E-state index contributed by atoms with van der Waals surface area (Å²) < 4.78 is 0. The van der Waals surface area contributed by atoms with E-state index in [0.29, 0.717) is 12.3 Å². The van der Waals surface area contributed by atoms with Gasteiger partial charge in [0.05, 0.1) is 5.69 Å². The van der Waals surface area contributed by atoms with Crippen molar-refractivity contribution in [2.45, 2.75) is 52.4 Å². The zero-order valence-corrected chi connectivity index (χ0v) is 14.0. The lowest BCUT2D eigenvalue weighted by Gasteiger charge is -2.20. The number of anilines is 1. The maximum Gasteiger partial charge on any atom is 0.224 e. The number of aryl methyl sites for hydroxylation is 2. The van der Waals surface area contributed by atoms with Gasteiger partial charge in [-0.15, -0.1) is 0 Å². The average molecular weight is 311 g/mol. The van der Waals surface area contributed by atoms with Gasteiger partial charge < -0.3 is 5.32 Å². The standard InChI is InChI=1S/C19H25N3O/c1-13-19(14(2)22-21-13)16-8-10-17(11-9-16)20-18(23)12-15-6-4-3-5-7-15/h8-11,15H,3-7,12H2,1-2H3,(H,20,23)(H,21,22). The van der Waals surface area contributed by atoms with E-state index in [4.69, 9.17) is 0 Å². The van der Waals surface area contributed by atoms with Gasteiger partial charge in [0, 0.05) is 23.4 Å². The van der Waals surface area contributed by atoms with Gasteiger partial charge in [0.1, 0.15) is 0 Å². The highest BCUT2D eigenvalue weighted by atomic mass is 16.1. The minimum Gasteiger partial charge on any atom is -0.326 e. The Bertz CT molecular complexity index is 647. The number of nitrogens with one attached hydrogen (secondary N) is 2. The second-order valence-corrected chi connectivity index (χ2v) is 6.64. The van der Waals surface area contributed by atoms with Crippen LogP contribution in [0.4, 0.5) is 5.69 Å². The van der Waals surface area contributed by atoms with Crippen LogP contribution in [0.15, 0.2) is 24.3 Å². The number of aromatic amines is 1. The third kappa shape index (κ3) is 3.81. The molecule has 1 heterocycles. The van der Waals surface area contributed by atoms with Crippen molar-refractivity contribution < 1.29 is 4.79 Å². The first kappa shape index (κ1) is 15.8. The summed E-state index contributed by atoms with van der Waals surface area (Å²) in [7, 11) is 0. The molecule has 2 aromatic rings. The van der Waals surface area contributed by atoms with Gasteiger partial charge in [-0.3, -0.25) is 9.89 Å². The topological polar surface area (TPSA) is 57.8 Å². The molecule has 4 nitrogen and oxygen atoms in total. The van der Waals surface area contributed by atoms with Gasteiger partial charge in [-0.1, -0.05) is 31.4 Å². The highest BCUT2D eigenvalue weighted by molar-refractivity contribution is 5.91. The van der Waals surface area contributed by atoms with Crippen LogP contribution in [0.1, 0.15) is 49.9 Å². The summed E-state index contributed by atoms with van der Waals surface area (Å²) in [6, 6.07) is 8.03. The number of carbonyl (C=O) groups excluding carboxylic acids is 1. The summed E-state index contributed by atoms with van der Waals surface area (Å²) in [5, 5.41) is 10.3. The average Bonchev–Trinajstić information content (AvgIpc) is 2.88. The predicted molar refractivity (Wildman–Crippen MR) is 93.3 cm³/mol. The number of nitrogens with zero attached hydrogens (tertiary/aromatic N) is 1. The van der Waals surface area contributed by atoms with Crippen LogP contribution in [0, 0.1) is 19.8 Å². The third-order valence-electron chi connectivity index (χ3n) is 4.78. The molecular formula is C19H25N3O. The Kier molecular flexibility index (Phi) is 4.79. The lowest BCUT2D eigenvalue weighted by molar-refractivity contribution is -0.117. The monoisotopic (exact) mass is 311 g/mol. The van der Waals surface area contributed by atoms with Crippen molar-refractivity contribution >= 4 is 11.6 Å². The number of hydrogen-bond acceptors (Lipinski definition) is 2. The van der Waals surface area contributed by atoms with Crippen LogP contribution in [-0.4, -0.2) is 16.1 Å². The van der Waals surface area contributed by atoms with Gasteiger partial charge in [-0.2, -0.15) is 5.10 Å². The van der Waals surface area contributed by atoms with Gasteiger partial charge in [0.15, 0.2) is 0 Å². The lowest BCUT2D eigenvalue weighted by Crippen LogP contribution is -2.18. The Morgan fingerprint density at radius 1 is 1.17 bits per heavy atom. The molecule has 0 unspecified atom stereocenters. The molecule has 4 heteroatoms. The minimum atomic E-state index is 0.139. The van der Waals surface area contributed by atoms with Crippen molar-refractivity contribution in [1.29, 1.82) is 0 Å². The fourth-order valence-electron chi connectivity index (χ4n) is 3.56. The highest BCUT2D eigenvalue weighted by Crippen LogP contribution is 2.28. The van der Waals surface area contributed by atoms with E-state index >= 15 is 0 Å². The van der Waals surface area contributed by atoms with Gasteiger partial charge in [-0.05, 0) is 50.3 Å². The molecule has 3 rings (SSSR count). The molecule has 2 N–H and O–H groups in total. The third-order valence-corrected chi connectivity index (χ3v) is 4.78. The molecule has 0 atom stereocenters. The van der Waals surface area contributed by atoms with Crippen LogP contribution in [0.5, 0.6) is 0 Å². The number of benzene rings is 1. The van der Waals surface area contributed by atoms with E-state index in [1.807, 2.05) is 38.1 Å². The number of rotatable bonds is 4. The molecular weight excluding hydrogens is 286 g/mol. The van der Waals surface area contributed by atoms with E-state index in [1.54, 1.807) is 0 Å². The largest absolute Gasteiger partial charge is 0.326 e. The predicted octanol–water partition coefficient (Wildman–Crippen LogP) is 4.60. The second kappa shape index (κ2) is 6.99. The number of amides is 1. The quantitative estimate of drug-likeness (QED) is 0.866. The van der Waals surface area contributed by atoms with Crippen LogP contribution >= 0.6 is 0 Å². The Balaban J connectivity index is 1.62. The van der Waals surface area contributed by atoms with Crippen LogP contribution in [0.2, 0.25) is 0 Å². The van der Waals surface area contributed by atoms with Crippen molar-refractivity contribution in [3.63, 3.8) is 0 Å². The number of aromatic nitrogens is 2. The molecule has 1 aliphatic rings. The Morgan fingerprint density at radius 2 is 1.87 bits per heavy atom. The zero-order valence-electron chi connectivity index (χ0n) is 14.0. The van der Waals surface area contributed by atoms with E-state index in [9.17, 15) is 4.79 Å². The normalized spacial score (nSPS) is 15.6. The van der Waals surface area contributed by atoms with E-state index in [-0.39, 0.29) is 5.91 Å². The van der Waals surface area contributed by atoms with E-state index in [1.165, 1.54) is 32.1 Å². The molecule has 0 saturated heterocycles. The summed E-state index contributed by atoms with van der Waals surface area (Å²) >= 11 is 0. The number of hydrogen-bond donors (Lipinski definition) is 2. The van der Waals surface area contributed by atoms with E-state index in [2.05, 4.69) is 15.5 Å². The summed E-state index contributed by atoms with van der Waals surface area (Å²) in [5.74, 6) is 0.708. The van der Waals surface area contributed by atoms with Crippen molar-refractivity contribution in [2.24, 2.45) is 5.92 Å². The van der Waals surface area contributed by atoms with Crippen molar-refractivity contribution in [1.82, 2.24) is 10.2 Å². The number of H-pyrrole nitrogens is 1. The fraction of sp³-hybridized carbons (Fsp3) is 0.474. The molecule has 23 heavy (non-hydrogen) atoms. The van der Waals surface area contributed by atoms with Gasteiger partial charge in [-0.25, -0.2) is 0 Å².